The molecule has 0 heterocycles. The van der Waals surface area contributed by atoms with Gasteiger partial charge in [-0.3, -0.25) is 4.79 Å². The SMILES string of the molecule is Cc1cc(F)cc(C=O)c1OCc1ccccc1. The van der Waals surface area contributed by atoms with Gasteiger partial charge >= 0.3 is 0 Å². The largest absolute Gasteiger partial charge is 0.488 e. The van der Waals surface area contributed by atoms with E-state index in [1.165, 1.54) is 12.1 Å². The van der Waals surface area contributed by atoms with Crippen molar-refractivity contribution in [3.63, 3.8) is 0 Å². The molecule has 0 unspecified atom stereocenters. The fraction of sp³-hybridized carbons (Fsp3) is 0.133. The molecule has 0 aliphatic rings. The van der Waals surface area contributed by atoms with Gasteiger partial charge in [0, 0.05) is 0 Å². The summed E-state index contributed by atoms with van der Waals surface area (Å²) in [5, 5.41) is 0. The zero-order chi connectivity index (χ0) is 13.0. The average Bonchev–Trinajstić information content (AvgIpc) is 2.38. The van der Waals surface area contributed by atoms with Gasteiger partial charge in [0.2, 0.25) is 0 Å². The number of aryl methyl sites for hydroxylation is 1. The highest BCUT2D eigenvalue weighted by Gasteiger charge is 2.09. The van der Waals surface area contributed by atoms with E-state index in [9.17, 15) is 9.18 Å². The Morgan fingerprint density at radius 3 is 2.61 bits per heavy atom. The Morgan fingerprint density at radius 2 is 1.94 bits per heavy atom. The van der Waals surface area contributed by atoms with Gasteiger partial charge in [0.1, 0.15) is 18.2 Å². The lowest BCUT2D eigenvalue weighted by Crippen LogP contribution is -2.01. The molecule has 0 spiro atoms. The Hall–Kier alpha value is -2.16. The van der Waals surface area contributed by atoms with Gasteiger partial charge in [-0.05, 0) is 30.2 Å². The van der Waals surface area contributed by atoms with Crippen molar-refractivity contribution < 1.29 is 13.9 Å². The second-order valence-corrected chi connectivity index (χ2v) is 4.03. The van der Waals surface area contributed by atoms with Crippen LogP contribution in [0.1, 0.15) is 21.5 Å². The van der Waals surface area contributed by atoms with Crippen LogP contribution in [0.4, 0.5) is 4.39 Å². The third kappa shape index (κ3) is 2.74. The molecule has 2 aromatic carbocycles. The van der Waals surface area contributed by atoms with E-state index in [2.05, 4.69) is 0 Å². The Kier molecular flexibility index (Phi) is 3.72. The predicted molar refractivity (Wildman–Crippen MR) is 67.3 cm³/mol. The molecule has 0 aliphatic carbocycles. The Bertz CT molecular complexity index is 550. The zero-order valence-electron chi connectivity index (χ0n) is 10.0. The molecule has 0 N–H and O–H groups in total. The lowest BCUT2D eigenvalue weighted by Gasteiger charge is -2.11. The van der Waals surface area contributed by atoms with E-state index in [4.69, 9.17) is 4.74 Å². The van der Waals surface area contributed by atoms with E-state index in [1.54, 1.807) is 6.92 Å². The molecular weight excluding hydrogens is 231 g/mol. The first-order valence-electron chi connectivity index (χ1n) is 5.63. The summed E-state index contributed by atoms with van der Waals surface area (Å²) in [7, 11) is 0. The smallest absolute Gasteiger partial charge is 0.153 e. The van der Waals surface area contributed by atoms with Crippen molar-refractivity contribution in [2.45, 2.75) is 13.5 Å². The number of rotatable bonds is 4. The van der Waals surface area contributed by atoms with Crippen LogP contribution in [0.5, 0.6) is 5.75 Å². The number of carbonyl (C=O) groups is 1. The molecule has 92 valence electrons. The van der Waals surface area contributed by atoms with E-state index < -0.39 is 5.82 Å². The molecule has 0 bridgehead atoms. The van der Waals surface area contributed by atoms with Gasteiger partial charge in [-0.25, -0.2) is 4.39 Å². The van der Waals surface area contributed by atoms with E-state index in [1.807, 2.05) is 30.3 Å². The highest BCUT2D eigenvalue weighted by molar-refractivity contribution is 5.80. The van der Waals surface area contributed by atoms with Crippen LogP contribution in [0.25, 0.3) is 0 Å². The van der Waals surface area contributed by atoms with Crippen LogP contribution >= 0.6 is 0 Å². The molecule has 0 fully saturated rings. The molecule has 0 radical (unpaired) electrons. The summed E-state index contributed by atoms with van der Waals surface area (Å²) in [5.41, 5.74) is 1.86. The summed E-state index contributed by atoms with van der Waals surface area (Å²) in [4.78, 5) is 10.9. The van der Waals surface area contributed by atoms with Gasteiger partial charge in [-0.2, -0.15) is 0 Å². The quantitative estimate of drug-likeness (QED) is 0.769. The molecular formula is C15H13FO2. The summed E-state index contributed by atoms with van der Waals surface area (Å²) in [5.74, 6) is 0.0110. The molecule has 2 aromatic rings. The molecule has 0 aliphatic heterocycles. The topological polar surface area (TPSA) is 26.3 Å². The van der Waals surface area contributed by atoms with Crippen LogP contribution in [0.3, 0.4) is 0 Å². The molecule has 0 atom stereocenters. The molecule has 0 saturated carbocycles. The van der Waals surface area contributed by atoms with Crippen molar-refractivity contribution >= 4 is 6.29 Å². The molecule has 0 saturated heterocycles. The first-order valence-corrected chi connectivity index (χ1v) is 5.63. The predicted octanol–water partition coefficient (Wildman–Crippen LogP) is 3.53. The molecule has 0 aromatic heterocycles. The number of carbonyl (C=O) groups excluding carboxylic acids is 1. The minimum Gasteiger partial charge on any atom is -0.488 e. The van der Waals surface area contributed by atoms with E-state index in [-0.39, 0.29) is 5.56 Å². The average molecular weight is 244 g/mol. The van der Waals surface area contributed by atoms with Crippen molar-refractivity contribution in [3.05, 3.63) is 65.0 Å². The Labute approximate surface area is 105 Å². The molecule has 18 heavy (non-hydrogen) atoms. The number of hydrogen-bond donors (Lipinski definition) is 0. The summed E-state index contributed by atoms with van der Waals surface area (Å²) in [6, 6.07) is 12.1. The summed E-state index contributed by atoms with van der Waals surface area (Å²) >= 11 is 0. The molecule has 3 heteroatoms. The number of aldehydes is 1. The minimum absolute atomic E-state index is 0.239. The first kappa shape index (κ1) is 12.3. The lowest BCUT2D eigenvalue weighted by molar-refractivity contribution is 0.111. The zero-order valence-corrected chi connectivity index (χ0v) is 10.0. The van der Waals surface area contributed by atoms with Crippen LogP contribution in [0.15, 0.2) is 42.5 Å². The molecule has 0 amide bonds. The highest BCUT2D eigenvalue weighted by atomic mass is 19.1. The summed E-state index contributed by atoms with van der Waals surface area (Å²) in [6.07, 6.45) is 0.608. The van der Waals surface area contributed by atoms with Crippen LogP contribution in [0.2, 0.25) is 0 Å². The third-order valence-corrected chi connectivity index (χ3v) is 2.62. The number of benzene rings is 2. The second-order valence-electron chi connectivity index (χ2n) is 4.03. The van der Waals surface area contributed by atoms with Crippen molar-refractivity contribution in [1.29, 1.82) is 0 Å². The van der Waals surface area contributed by atoms with Crippen molar-refractivity contribution in [2.75, 3.05) is 0 Å². The normalized spacial score (nSPS) is 10.1. The van der Waals surface area contributed by atoms with Gasteiger partial charge in [0.25, 0.3) is 0 Å². The number of ether oxygens (including phenoxy) is 1. The van der Waals surface area contributed by atoms with Gasteiger partial charge in [-0.1, -0.05) is 30.3 Å². The number of halogens is 1. The maximum absolute atomic E-state index is 13.1. The van der Waals surface area contributed by atoms with Gasteiger partial charge < -0.3 is 4.74 Å². The van der Waals surface area contributed by atoms with E-state index in [0.717, 1.165) is 5.56 Å². The van der Waals surface area contributed by atoms with Crippen LogP contribution < -0.4 is 4.74 Å². The summed E-state index contributed by atoms with van der Waals surface area (Å²) < 4.78 is 18.7. The van der Waals surface area contributed by atoms with Crippen LogP contribution in [-0.4, -0.2) is 6.29 Å². The van der Waals surface area contributed by atoms with E-state index >= 15 is 0 Å². The van der Waals surface area contributed by atoms with Gasteiger partial charge in [0.15, 0.2) is 6.29 Å². The lowest BCUT2D eigenvalue weighted by atomic mass is 10.1. The molecule has 2 rings (SSSR count). The fourth-order valence-electron chi connectivity index (χ4n) is 1.77. The monoisotopic (exact) mass is 244 g/mol. The maximum Gasteiger partial charge on any atom is 0.153 e. The minimum atomic E-state index is -0.429. The number of hydrogen-bond acceptors (Lipinski definition) is 2. The van der Waals surface area contributed by atoms with Crippen molar-refractivity contribution in [2.24, 2.45) is 0 Å². The maximum atomic E-state index is 13.1. The first-order chi connectivity index (χ1) is 8.70. The third-order valence-electron chi connectivity index (χ3n) is 2.62. The van der Waals surface area contributed by atoms with Gasteiger partial charge in [0.05, 0.1) is 5.56 Å². The standard InChI is InChI=1S/C15H13FO2/c1-11-7-14(16)8-13(9-17)15(11)18-10-12-5-3-2-4-6-12/h2-9H,10H2,1H3. The Balaban J connectivity index is 2.21. The second kappa shape index (κ2) is 5.45. The van der Waals surface area contributed by atoms with Crippen LogP contribution in [0, 0.1) is 12.7 Å². The van der Waals surface area contributed by atoms with Crippen molar-refractivity contribution in [1.82, 2.24) is 0 Å². The van der Waals surface area contributed by atoms with Gasteiger partial charge in [-0.15, -0.1) is 0 Å². The summed E-state index contributed by atoms with van der Waals surface area (Å²) in [6.45, 7) is 2.07. The Morgan fingerprint density at radius 1 is 1.22 bits per heavy atom. The van der Waals surface area contributed by atoms with E-state index in [0.29, 0.717) is 24.2 Å². The highest BCUT2D eigenvalue weighted by Crippen LogP contribution is 2.24. The fourth-order valence-corrected chi connectivity index (χ4v) is 1.77. The van der Waals surface area contributed by atoms with Crippen LogP contribution in [-0.2, 0) is 6.61 Å². The molecule has 2 nitrogen and oxygen atoms in total. The van der Waals surface area contributed by atoms with Crippen molar-refractivity contribution in [3.8, 4) is 5.75 Å².